The Morgan fingerprint density at radius 2 is 2.00 bits per heavy atom. The van der Waals surface area contributed by atoms with E-state index in [2.05, 4.69) is 18.6 Å². The molecule has 20 heavy (non-hydrogen) atoms. The first-order valence-electron chi connectivity index (χ1n) is 7.11. The highest BCUT2D eigenvalue weighted by Crippen LogP contribution is 2.36. The van der Waals surface area contributed by atoms with Crippen LogP contribution in [0.3, 0.4) is 0 Å². The molecule has 3 N–H and O–H groups in total. The van der Waals surface area contributed by atoms with Crippen LogP contribution in [0.4, 0.5) is 5.69 Å². The first kappa shape index (κ1) is 15.3. The Morgan fingerprint density at radius 1 is 1.30 bits per heavy atom. The van der Waals surface area contributed by atoms with Crippen molar-refractivity contribution in [3.8, 4) is 0 Å². The van der Waals surface area contributed by atoms with Crippen LogP contribution >= 0.6 is 0 Å². The number of nitrogen functional groups attached to an aromatic ring is 1. The summed E-state index contributed by atoms with van der Waals surface area (Å²) in [7, 11) is -3.51. The zero-order chi connectivity index (χ0) is 15.0. The van der Waals surface area contributed by atoms with E-state index in [-0.39, 0.29) is 11.5 Å². The number of hydrogen-bond acceptors (Lipinski definition) is 3. The Kier molecular flexibility index (Phi) is 4.12. The van der Waals surface area contributed by atoms with Gasteiger partial charge in [-0.05, 0) is 42.9 Å². The van der Waals surface area contributed by atoms with Crippen LogP contribution in [0.2, 0.25) is 0 Å². The monoisotopic (exact) mass is 296 g/mol. The van der Waals surface area contributed by atoms with Gasteiger partial charge in [-0.3, -0.25) is 0 Å². The Morgan fingerprint density at radius 3 is 2.65 bits per heavy atom. The molecule has 1 aromatic rings. The summed E-state index contributed by atoms with van der Waals surface area (Å²) in [5.41, 5.74) is 6.94. The van der Waals surface area contributed by atoms with Gasteiger partial charge in [0.15, 0.2) is 0 Å². The summed E-state index contributed by atoms with van der Waals surface area (Å²) in [5.74, 6) is 0. The summed E-state index contributed by atoms with van der Waals surface area (Å²) in [5, 5.41) is 0. The van der Waals surface area contributed by atoms with Crippen LogP contribution in [0.25, 0.3) is 0 Å². The molecule has 4 nitrogen and oxygen atoms in total. The molecule has 1 aliphatic carbocycles. The molecule has 1 aromatic carbocycles. The predicted molar refractivity (Wildman–Crippen MR) is 81.9 cm³/mol. The average Bonchev–Trinajstić information content (AvgIpc) is 2.35. The second-order valence-corrected chi connectivity index (χ2v) is 8.06. The van der Waals surface area contributed by atoms with Crippen molar-refractivity contribution in [2.45, 2.75) is 57.4 Å². The highest BCUT2D eigenvalue weighted by Gasteiger charge is 2.35. The summed E-state index contributed by atoms with van der Waals surface area (Å²) in [6, 6.07) is 5.01. The molecular formula is C15H24N2O2S. The standard InChI is InChI=1S/C15H24N2O2S/c1-11-12(16)7-6-8-13(11)20(18,19)17-14-9-4-5-10-15(14,2)3/h6-8,14,17H,4-5,9-10,16H2,1-3H3. The van der Waals surface area contributed by atoms with Crippen LogP contribution in [-0.2, 0) is 10.0 Å². The normalized spacial score (nSPS) is 22.6. The third-order valence-electron chi connectivity index (χ3n) is 4.42. The van der Waals surface area contributed by atoms with E-state index in [0.29, 0.717) is 16.1 Å². The first-order chi connectivity index (χ1) is 9.24. The molecule has 1 aliphatic rings. The second-order valence-electron chi connectivity index (χ2n) is 6.38. The zero-order valence-electron chi connectivity index (χ0n) is 12.4. The van der Waals surface area contributed by atoms with Gasteiger partial charge in [-0.2, -0.15) is 0 Å². The van der Waals surface area contributed by atoms with Gasteiger partial charge in [0.2, 0.25) is 10.0 Å². The predicted octanol–water partition coefficient (Wildman–Crippen LogP) is 2.82. The van der Waals surface area contributed by atoms with E-state index in [1.807, 2.05) is 0 Å². The fourth-order valence-electron chi connectivity index (χ4n) is 2.89. The van der Waals surface area contributed by atoms with Crippen LogP contribution in [0.15, 0.2) is 23.1 Å². The summed E-state index contributed by atoms with van der Waals surface area (Å²) in [6.07, 6.45) is 4.19. The van der Waals surface area contributed by atoms with Gasteiger partial charge >= 0.3 is 0 Å². The third kappa shape index (κ3) is 2.99. The van der Waals surface area contributed by atoms with E-state index >= 15 is 0 Å². The van der Waals surface area contributed by atoms with E-state index in [0.717, 1.165) is 19.3 Å². The Hall–Kier alpha value is -1.07. The van der Waals surface area contributed by atoms with E-state index in [1.165, 1.54) is 6.42 Å². The highest BCUT2D eigenvalue weighted by molar-refractivity contribution is 7.89. The van der Waals surface area contributed by atoms with Gasteiger partial charge in [0, 0.05) is 11.7 Å². The van der Waals surface area contributed by atoms with Crippen molar-refractivity contribution in [1.82, 2.24) is 4.72 Å². The minimum absolute atomic E-state index is 0.000447. The molecule has 1 saturated carbocycles. The van der Waals surface area contributed by atoms with Crippen molar-refractivity contribution in [2.24, 2.45) is 5.41 Å². The van der Waals surface area contributed by atoms with Crippen LogP contribution in [0, 0.1) is 12.3 Å². The average molecular weight is 296 g/mol. The molecule has 0 heterocycles. The number of rotatable bonds is 3. The molecular weight excluding hydrogens is 272 g/mol. The molecule has 0 spiro atoms. The smallest absolute Gasteiger partial charge is 0.241 e. The van der Waals surface area contributed by atoms with Gasteiger partial charge < -0.3 is 5.73 Å². The van der Waals surface area contributed by atoms with Gasteiger partial charge in [0.1, 0.15) is 0 Å². The molecule has 2 rings (SSSR count). The van der Waals surface area contributed by atoms with Crippen molar-refractivity contribution in [3.05, 3.63) is 23.8 Å². The SMILES string of the molecule is Cc1c(N)cccc1S(=O)(=O)NC1CCCCC1(C)C. The van der Waals surface area contributed by atoms with E-state index < -0.39 is 10.0 Å². The molecule has 1 fully saturated rings. The maximum Gasteiger partial charge on any atom is 0.241 e. The van der Waals surface area contributed by atoms with Gasteiger partial charge in [0.25, 0.3) is 0 Å². The fourth-order valence-corrected chi connectivity index (χ4v) is 4.60. The molecule has 1 atom stereocenters. The Labute approximate surface area is 121 Å². The number of hydrogen-bond donors (Lipinski definition) is 2. The van der Waals surface area contributed by atoms with Crippen LogP contribution in [-0.4, -0.2) is 14.5 Å². The lowest BCUT2D eigenvalue weighted by molar-refractivity contribution is 0.188. The van der Waals surface area contributed by atoms with Crippen molar-refractivity contribution < 1.29 is 8.42 Å². The number of benzene rings is 1. The largest absolute Gasteiger partial charge is 0.398 e. The molecule has 0 radical (unpaired) electrons. The molecule has 0 bridgehead atoms. The van der Waals surface area contributed by atoms with Gasteiger partial charge in [-0.15, -0.1) is 0 Å². The fraction of sp³-hybridized carbons (Fsp3) is 0.600. The molecule has 5 heteroatoms. The van der Waals surface area contributed by atoms with Crippen molar-refractivity contribution >= 4 is 15.7 Å². The topological polar surface area (TPSA) is 72.2 Å². The Bertz CT molecular complexity index is 594. The number of anilines is 1. The van der Waals surface area contributed by atoms with Crippen LogP contribution in [0.5, 0.6) is 0 Å². The zero-order valence-corrected chi connectivity index (χ0v) is 13.3. The molecule has 0 aromatic heterocycles. The molecule has 112 valence electrons. The lowest BCUT2D eigenvalue weighted by atomic mass is 9.74. The number of sulfonamides is 1. The lowest BCUT2D eigenvalue weighted by Crippen LogP contribution is -2.46. The number of nitrogens with two attached hydrogens (primary N) is 1. The first-order valence-corrected chi connectivity index (χ1v) is 8.60. The van der Waals surface area contributed by atoms with Crippen LogP contribution in [0.1, 0.15) is 45.1 Å². The van der Waals surface area contributed by atoms with Crippen LogP contribution < -0.4 is 10.5 Å². The van der Waals surface area contributed by atoms with Gasteiger partial charge in [-0.25, -0.2) is 13.1 Å². The summed E-state index contributed by atoms with van der Waals surface area (Å²) < 4.78 is 28.1. The van der Waals surface area contributed by atoms with E-state index in [1.54, 1.807) is 25.1 Å². The summed E-state index contributed by atoms with van der Waals surface area (Å²) in [4.78, 5) is 0.291. The number of nitrogens with one attached hydrogen (secondary N) is 1. The maximum absolute atomic E-state index is 12.6. The van der Waals surface area contributed by atoms with Gasteiger partial charge in [-0.1, -0.05) is 32.8 Å². The van der Waals surface area contributed by atoms with Crippen molar-refractivity contribution in [2.75, 3.05) is 5.73 Å². The molecule has 1 unspecified atom stereocenters. The third-order valence-corrected chi connectivity index (χ3v) is 6.04. The highest BCUT2D eigenvalue weighted by atomic mass is 32.2. The molecule has 0 aliphatic heterocycles. The Balaban J connectivity index is 2.29. The van der Waals surface area contributed by atoms with Crippen molar-refractivity contribution in [1.29, 1.82) is 0 Å². The minimum atomic E-state index is -3.51. The van der Waals surface area contributed by atoms with Gasteiger partial charge in [0.05, 0.1) is 4.90 Å². The lowest BCUT2D eigenvalue weighted by Gasteiger charge is -2.38. The summed E-state index contributed by atoms with van der Waals surface area (Å²) in [6.45, 7) is 6.01. The van der Waals surface area contributed by atoms with Crippen molar-refractivity contribution in [3.63, 3.8) is 0 Å². The quantitative estimate of drug-likeness (QED) is 0.842. The minimum Gasteiger partial charge on any atom is -0.398 e. The van der Waals surface area contributed by atoms with E-state index in [4.69, 9.17) is 5.73 Å². The summed E-state index contributed by atoms with van der Waals surface area (Å²) >= 11 is 0. The molecule has 0 amide bonds. The molecule has 0 saturated heterocycles. The second kappa shape index (κ2) is 5.37. The maximum atomic E-state index is 12.6. The van der Waals surface area contributed by atoms with E-state index in [9.17, 15) is 8.42 Å².